The van der Waals surface area contributed by atoms with Crippen molar-refractivity contribution in [1.29, 1.82) is 0 Å². The summed E-state index contributed by atoms with van der Waals surface area (Å²) in [6.45, 7) is 5.68. The molecule has 0 saturated carbocycles. The van der Waals surface area contributed by atoms with Crippen molar-refractivity contribution in [2.75, 3.05) is 10.0 Å². The lowest BCUT2D eigenvalue weighted by Crippen LogP contribution is -2.32. The standard InChI is InChI=1S/C28H28N2O4S/c1-4-27(34-24-13-10-21-7-5-6-8-22(21)18-24)28(31)29-23-11-14-25(15-12-23)35(32,33)30-26-16-9-19(2)17-20(26)3/h5-18,27,30H,4H2,1-3H3,(H,29,31)/t27-/m0/s1. The van der Waals surface area contributed by atoms with Gasteiger partial charge in [0.2, 0.25) is 0 Å². The monoisotopic (exact) mass is 488 g/mol. The Kier molecular flexibility index (Phi) is 7.07. The van der Waals surface area contributed by atoms with Gasteiger partial charge in [0.1, 0.15) is 5.75 Å². The number of hydrogen-bond donors (Lipinski definition) is 2. The predicted molar refractivity (Wildman–Crippen MR) is 140 cm³/mol. The van der Waals surface area contributed by atoms with Crippen molar-refractivity contribution in [3.63, 3.8) is 0 Å². The predicted octanol–water partition coefficient (Wildman–Crippen LogP) is 6.05. The number of carbonyl (C=O) groups is 1. The van der Waals surface area contributed by atoms with Gasteiger partial charge in [0.05, 0.1) is 10.6 Å². The molecule has 2 N–H and O–H groups in total. The second-order valence-corrected chi connectivity index (χ2v) is 10.1. The summed E-state index contributed by atoms with van der Waals surface area (Å²) < 4.78 is 34.2. The van der Waals surface area contributed by atoms with Gasteiger partial charge in [-0.15, -0.1) is 0 Å². The molecule has 0 aromatic heterocycles. The highest BCUT2D eigenvalue weighted by atomic mass is 32.2. The number of nitrogens with one attached hydrogen (secondary N) is 2. The Balaban J connectivity index is 1.43. The van der Waals surface area contributed by atoms with Crippen LogP contribution in [0.3, 0.4) is 0 Å². The zero-order valence-electron chi connectivity index (χ0n) is 19.9. The molecule has 0 unspecified atom stereocenters. The zero-order valence-corrected chi connectivity index (χ0v) is 20.7. The van der Waals surface area contributed by atoms with Crippen LogP contribution in [-0.2, 0) is 14.8 Å². The first kappa shape index (κ1) is 24.3. The van der Waals surface area contributed by atoms with Gasteiger partial charge < -0.3 is 10.1 Å². The van der Waals surface area contributed by atoms with Crippen LogP contribution in [0.1, 0.15) is 24.5 Å². The Morgan fingerprint density at radius 2 is 1.60 bits per heavy atom. The molecular weight excluding hydrogens is 460 g/mol. The molecule has 0 spiro atoms. The van der Waals surface area contributed by atoms with Crippen LogP contribution in [-0.4, -0.2) is 20.4 Å². The van der Waals surface area contributed by atoms with Gasteiger partial charge in [-0.05, 0) is 79.1 Å². The number of ether oxygens (including phenoxy) is 1. The number of hydrogen-bond acceptors (Lipinski definition) is 4. The number of sulfonamides is 1. The summed E-state index contributed by atoms with van der Waals surface area (Å²) in [5, 5.41) is 4.95. The molecule has 4 aromatic carbocycles. The van der Waals surface area contributed by atoms with Crippen LogP contribution in [0.25, 0.3) is 10.8 Å². The van der Waals surface area contributed by atoms with E-state index in [9.17, 15) is 13.2 Å². The lowest BCUT2D eigenvalue weighted by atomic mass is 10.1. The summed E-state index contributed by atoms with van der Waals surface area (Å²) in [7, 11) is -3.76. The molecule has 35 heavy (non-hydrogen) atoms. The van der Waals surface area contributed by atoms with Gasteiger partial charge in [0.15, 0.2) is 6.10 Å². The van der Waals surface area contributed by atoms with E-state index in [1.807, 2.05) is 75.4 Å². The number of benzene rings is 4. The van der Waals surface area contributed by atoms with E-state index in [-0.39, 0.29) is 10.8 Å². The molecular formula is C28H28N2O4S. The first-order chi connectivity index (χ1) is 16.7. The van der Waals surface area contributed by atoms with Crippen molar-refractivity contribution in [3.05, 3.63) is 96.1 Å². The first-order valence-electron chi connectivity index (χ1n) is 11.4. The molecule has 0 aliphatic carbocycles. The Morgan fingerprint density at radius 3 is 2.29 bits per heavy atom. The lowest BCUT2D eigenvalue weighted by molar-refractivity contribution is -0.122. The lowest BCUT2D eigenvalue weighted by Gasteiger charge is -2.18. The highest BCUT2D eigenvalue weighted by Gasteiger charge is 2.20. The van der Waals surface area contributed by atoms with Crippen molar-refractivity contribution in [1.82, 2.24) is 0 Å². The topological polar surface area (TPSA) is 84.5 Å². The summed E-state index contributed by atoms with van der Waals surface area (Å²) in [4.78, 5) is 12.9. The molecule has 0 fully saturated rings. The van der Waals surface area contributed by atoms with Crippen molar-refractivity contribution < 1.29 is 17.9 Å². The normalized spacial score (nSPS) is 12.2. The fourth-order valence-corrected chi connectivity index (χ4v) is 4.93. The van der Waals surface area contributed by atoms with Crippen LogP contribution in [0, 0.1) is 13.8 Å². The van der Waals surface area contributed by atoms with Gasteiger partial charge in [-0.2, -0.15) is 0 Å². The van der Waals surface area contributed by atoms with E-state index in [1.54, 1.807) is 18.2 Å². The van der Waals surface area contributed by atoms with E-state index >= 15 is 0 Å². The Hall–Kier alpha value is -3.84. The van der Waals surface area contributed by atoms with Gasteiger partial charge in [-0.25, -0.2) is 8.42 Å². The van der Waals surface area contributed by atoms with Gasteiger partial charge in [-0.3, -0.25) is 9.52 Å². The SMILES string of the molecule is CC[C@H](Oc1ccc2ccccc2c1)C(=O)Nc1ccc(S(=O)(=O)Nc2ccc(C)cc2C)cc1. The van der Waals surface area contributed by atoms with Crippen molar-refractivity contribution in [2.45, 2.75) is 38.2 Å². The highest BCUT2D eigenvalue weighted by molar-refractivity contribution is 7.92. The van der Waals surface area contributed by atoms with Crippen LogP contribution in [0.15, 0.2) is 89.8 Å². The van der Waals surface area contributed by atoms with Crippen LogP contribution in [0.2, 0.25) is 0 Å². The Bertz CT molecular complexity index is 1460. The third kappa shape index (κ3) is 5.81. The summed E-state index contributed by atoms with van der Waals surface area (Å²) in [6.07, 6.45) is -0.212. The number of carbonyl (C=O) groups excluding carboxylic acids is 1. The molecule has 1 amide bonds. The van der Waals surface area contributed by atoms with E-state index in [4.69, 9.17) is 4.74 Å². The Labute approximate surface area is 206 Å². The minimum atomic E-state index is -3.76. The molecule has 0 aliphatic rings. The molecule has 6 nitrogen and oxygen atoms in total. The first-order valence-corrected chi connectivity index (χ1v) is 12.9. The van der Waals surface area contributed by atoms with Crippen molar-refractivity contribution in [2.24, 2.45) is 0 Å². The molecule has 4 aromatic rings. The smallest absolute Gasteiger partial charge is 0.265 e. The average Bonchev–Trinajstić information content (AvgIpc) is 2.84. The van der Waals surface area contributed by atoms with Crippen molar-refractivity contribution in [3.8, 4) is 5.75 Å². The molecule has 1 atom stereocenters. The number of fused-ring (bicyclic) bond motifs is 1. The zero-order chi connectivity index (χ0) is 25.0. The summed E-state index contributed by atoms with van der Waals surface area (Å²) in [5.74, 6) is 0.314. The molecule has 0 radical (unpaired) electrons. The van der Waals surface area contributed by atoms with E-state index in [2.05, 4.69) is 10.0 Å². The van der Waals surface area contributed by atoms with Crippen LogP contribution in [0.5, 0.6) is 5.75 Å². The summed E-state index contributed by atoms with van der Waals surface area (Å²) >= 11 is 0. The highest BCUT2D eigenvalue weighted by Crippen LogP contribution is 2.24. The van der Waals surface area contributed by atoms with E-state index in [0.29, 0.717) is 23.5 Å². The number of amides is 1. The minimum Gasteiger partial charge on any atom is -0.481 e. The molecule has 0 bridgehead atoms. The van der Waals surface area contributed by atoms with Gasteiger partial charge in [0.25, 0.3) is 15.9 Å². The van der Waals surface area contributed by atoms with Crippen LogP contribution >= 0.6 is 0 Å². The molecule has 4 rings (SSSR count). The van der Waals surface area contributed by atoms with Crippen LogP contribution < -0.4 is 14.8 Å². The number of aryl methyl sites for hydroxylation is 2. The van der Waals surface area contributed by atoms with E-state index in [0.717, 1.165) is 21.9 Å². The quantitative estimate of drug-likeness (QED) is 0.316. The largest absolute Gasteiger partial charge is 0.481 e. The fraction of sp³-hybridized carbons (Fsp3) is 0.179. The van der Waals surface area contributed by atoms with Gasteiger partial charge >= 0.3 is 0 Å². The van der Waals surface area contributed by atoms with E-state index < -0.39 is 16.1 Å². The second kappa shape index (κ2) is 10.2. The maximum Gasteiger partial charge on any atom is 0.265 e. The fourth-order valence-electron chi connectivity index (χ4n) is 3.80. The summed E-state index contributed by atoms with van der Waals surface area (Å²) in [6, 6.07) is 25.2. The molecule has 0 aliphatic heterocycles. The minimum absolute atomic E-state index is 0.106. The number of rotatable bonds is 8. The Morgan fingerprint density at radius 1 is 0.886 bits per heavy atom. The van der Waals surface area contributed by atoms with Crippen LogP contribution in [0.4, 0.5) is 11.4 Å². The van der Waals surface area contributed by atoms with E-state index in [1.165, 1.54) is 12.1 Å². The molecule has 0 saturated heterocycles. The third-order valence-corrected chi connectivity index (χ3v) is 7.10. The molecule has 180 valence electrons. The maximum atomic E-state index is 12.8. The molecule has 7 heteroatoms. The summed E-state index contributed by atoms with van der Waals surface area (Å²) in [5.41, 5.74) is 2.92. The molecule has 0 heterocycles. The third-order valence-electron chi connectivity index (χ3n) is 5.72. The second-order valence-electron chi connectivity index (χ2n) is 8.46. The number of anilines is 2. The van der Waals surface area contributed by atoms with Gasteiger partial charge in [0, 0.05) is 5.69 Å². The average molecular weight is 489 g/mol. The van der Waals surface area contributed by atoms with Gasteiger partial charge in [-0.1, -0.05) is 55.0 Å². The van der Waals surface area contributed by atoms with Crippen molar-refractivity contribution >= 4 is 38.1 Å². The maximum absolute atomic E-state index is 12.8.